The SMILES string of the molecule is COCCN1CCCC1CNS(=O)(=O)c1c(C)c(C)c(C)c(C)c1C. The molecule has 0 bridgehead atoms. The summed E-state index contributed by atoms with van der Waals surface area (Å²) in [7, 11) is -1.83. The van der Waals surface area contributed by atoms with E-state index in [1.807, 2.05) is 27.7 Å². The molecule has 2 rings (SSSR count). The molecule has 5 nitrogen and oxygen atoms in total. The molecule has 1 aromatic rings. The van der Waals surface area contributed by atoms with Crippen LogP contribution in [0.25, 0.3) is 0 Å². The number of likely N-dealkylation sites (tertiary alicyclic amines) is 1. The Morgan fingerprint density at radius 1 is 1.04 bits per heavy atom. The molecule has 25 heavy (non-hydrogen) atoms. The lowest BCUT2D eigenvalue weighted by molar-refractivity contribution is 0.141. The molecule has 0 aromatic heterocycles. The minimum atomic E-state index is -3.52. The highest BCUT2D eigenvalue weighted by atomic mass is 32.2. The number of sulfonamides is 1. The van der Waals surface area contributed by atoms with Crippen LogP contribution in [-0.4, -0.2) is 52.7 Å². The second-order valence-electron chi connectivity index (χ2n) is 7.13. The molecule has 0 spiro atoms. The molecule has 1 fully saturated rings. The van der Waals surface area contributed by atoms with Gasteiger partial charge in [0.1, 0.15) is 0 Å². The summed E-state index contributed by atoms with van der Waals surface area (Å²) >= 11 is 0. The summed E-state index contributed by atoms with van der Waals surface area (Å²) in [5, 5.41) is 0. The van der Waals surface area contributed by atoms with Gasteiger partial charge >= 0.3 is 0 Å². The van der Waals surface area contributed by atoms with Crippen molar-refractivity contribution in [2.75, 3.05) is 33.4 Å². The van der Waals surface area contributed by atoms with Gasteiger partial charge in [-0.3, -0.25) is 4.90 Å². The Kier molecular flexibility index (Phi) is 6.65. The zero-order valence-corrected chi connectivity index (χ0v) is 17.2. The molecule has 1 atom stereocenters. The summed E-state index contributed by atoms with van der Waals surface area (Å²) < 4.78 is 34.0. The van der Waals surface area contributed by atoms with Gasteiger partial charge in [-0.05, 0) is 81.8 Å². The molecule has 1 heterocycles. The van der Waals surface area contributed by atoms with Crippen LogP contribution in [0.4, 0.5) is 0 Å². The van der Waals surface area contributed by atoms with Crippen molar-refractivity contribution in [3.05, 3.63) is 27.8 Å². The van der Waals surface area contributed by atoms with Crippen LogP contribution in [0.5, 0.6) is 0 Å². The lowest BCUT2D eigenvalue weighted by Crippen LogP contribution is -2.41. The summed E-state index contributed by atoms with van der Waals surface area (Å²) in [6, 6.07) is 0.248. The molecule has 6 heteroatoms. The van der Waals surface area contributed by atoms with Crippen molar-refractivity contribution in [2.45, 2.75) is 58.4 Å². The van der Waals surface area contributed by atoms with Crippen molar-refractivity contribution in [2.24, 2.45) is 0 Å². The first-order valence-electron chi connectivity index (χ1n) is 9.00. The summed E-state index contributed by atoms with van der Waals surface area (Å²) in [5.41, 5.74) is 5.01. The van der Waals surface area contributed by atoms with E-state index in [0.717, 1.165) is 48.2 Å². The van der Waals surface area contributed by atoms with Gasteiger partial charge in [-0.25, -0.2) is 13.1 Å². The zero-order chi connectivity index (χ0) is 18.8. The summed E-state index contributed by atoms with van der Waals surface area (Å²) in [4.78, 5) is 2.77. The minimum absolute atomic E-state index is 0.248. The van der Waals surface area contributed by atoms with Gasteiger partial charge in [0.2, 0.25) is 10.0 Å². The molecule has 0 aliphatic carbocycles. The Balaban J connectivity index is 2.20. The van der Waals surface area contributed by atoms with Gasteiger partial charge < -0.3 is 4.74 Å². The van der Waals surface area contributed by atoms with E-state index in [0.29, 0.717) is 18.0 Å². The van der Waals surface area contributed by atoms with Crippen molar-refractivity contribution in [1.29, 1.82) is 0 Å². The molecule has 142 valence electrons. The maximum absolute atomic E-state index is 13.0. The number of methoxy groups -OCH3 is 1. The molecule has 0 saturated carbocycles. The lowest BCUT2D eigenvalue weighted by Gasteiger charge is -2.25. The first-order valence-corrected chi connectivity index (χ1v) is 10.5. The van der Waals surface area contributed by atoms with Crippen LogP contribution >= 0.6 is 0 Å². The van der Waals surface area contributed by atoms with E-state index in [4.69, 9.17) is 4.74 Å². The van der Waals surface area contributed by atoms with Gasteiger partial charge in [0.15, 0.2) is 0 Å². The maximum Gasteiger partial charge on any atom is 0.241 e. The monoisotopic (exact) mass is 368 g/mol. The topological polar surface area (TPSA) is 58.6 Å². The fraction of sp³-hybridized carbons (Fsp3) is 0.684. The third-order valence-electron chi connectivity index (χ3n) is 5.79. The van der Waals surface area contributed by atoms with E-state index < -0.39 is 10.0 Å². The van der Waals surface area contributed by atoms with Crippen LogP contribution in [0.1, 0.15) is 40.7 Å². The quantitative estimate of drug-likeness (QED) is 0.804. The number of nitrogens with one attached hydrogen (secondary N) is 1. The van der Waals surface area contributed by atoms with Crippen LogP contribution < -0.4 is 4.72 Å². The summed E-state index contributed by atoms with van der Waals surface area (Å²) in [6.45, 7) is 12.9. The molecular weight excluding hydrogens is 336 g/mol. The number of nitrogens with zero attached hydrogens (tertiary/aromatic N) is 1. The normalized spacial score (nSPS) is 18.9. The molecular formula is C19H32N2O3S. The van der Waals surface area contributed by atoms with Gasteiger partial charge in [0, 0.05) is 26.2 Å². The van der Waals surface area contributed by atoms with Gasteiger partial charge in [0.05, 0.1) is 11.5 Å². The number of rotatable bonds is 7. The first-order chi connectivity index (χ1) is 11.7. The second kappa shape index (κ2) is 8.16. The summed E-state index contributed by atoms with van der Waals surface area (Å²) in [6.07, 6.45) is 2.13. The van der Waals surface area contributed by atoms with E-state index in [1.165, 1.54) is 5.56 Å². The van der Waals surface area contributed by atoms with Crippen molar-refractivity contribution in [3.63, 3.8) is 0 Å². The van der Waals surface area contributed by atoms with Gasteiger partial charge in [-0.15, -0.1) is 0 Å². The maximum atomic E-state index is 13.0. The fourth-order valence-corrected chi connectivity index (χ4v) is 5.44. The molecule has 1 aliphatic heterocycles. The Morgan fingerprint density at radius 2 is 1.60 bits per heavy atom. The standard InChI is InChI=1S/C19H32N2O3S/c1-13-14(2)16(4)19(17(5)15(13)3)25(22,23)20-12-18-8-7-9-21(18)10-11-24-6/h18,20H,7-12H2,1-6H3. The van der Waals surface area contributed by atoms with Crippen molar-refractivity contribution >= 4 is 10.0 Å². The van der Waals surface area contributed by atoms with Crippen LogP contribution in [-0.2, 0) is 14.8 Å². The Hall–Kier alpha value is -0.950. The average molecular weight is 369 g/mol. The van der Waals surface area contributed by atoms with Crippen LogP contribution in [0.3, 0.4) is 0 Å². The average Bonchev–Trinajstić information content (AvgIpc) is 3.02. The molecule has 1 aromatic carbocycles. The van der Waals surface area contributed by atoms with Crippen molar-refractivity contribution in [1.82, 2.24) is 9.62 Å². The first kappa shape index (κ1) is 20.4. The zero-order valence-electron chi connectivity index (χ0n) is 16.4. The number of hydrogen-bond acceptors (Lipinski definition) is 4. The van der Waals surface area contributed by atoms with Gasteiger partial charge in [0.25, 0.3) is 0 Å². The molecule has 1 unspecified atom stereocenters. The third kappa shape index (κ3) is 4.25. The predicted molar refractivity (Wildman–Crippen MR) is 102 cm³/mol. The number of ether oxygens (including phenoxy) is 1. The smallest absolute Gasteiger partial charge is 0.241 e. The van der Waals surface area contributed by atoms with Crippen molar-refractivity contribution < 1.29 is 13.2 Å². The van der Waals surface area contributed by atoms with Gasteiger partial charge in [-0.2, -0.15) is 0 Å². The Bertz CT molecular complexity index is 700. The highest BCUT2D eigenvalue weighted by molar-refractivity contribution is 7.89. The highest BCUT2D eigenvalue weighted by Crippen LogP contribution is 2.29. The predicted octanol–water partition coefficient (Wildman–Crippen LogP) is 2.62. The molecule has 0 radical (unpaired) electrons. The van der Waals surface area contributed by atoms with Crippen molar-refractivity contribution in [3.8, 4) is 0 Å². The summed E-state index contributed by atoms with van der Waals surface area (Å²) in [5.74, 6) is 0. The van der Waals surface area contributed by atoms with E-state index in [9.17, 15) is 8.42 Å². The Morgan fingerprint density at radius 3 is 2.16 bits per heavy atom. The van der Waals surface area contributed by atoms with E-state index in [1.54, 1.807) is 7.11 Å². The van der Waals surface area contributed by atoms with Crippen LogP contribution in [0.15, 0.2) is 4.90 Å². The van der Waals surface area contributed by atoms with Crippen LogP contribution in [0.2, 0.25) is 0 Å². The molecule has 0 amide bonds. The van der Waals surface area contributed by atoms with E-state index in [-0.39, 0.29) is 6.04 Å². The van der Waals surface area contributed by atoms with Crippen LogP contribution in [0, 0.1) is 34.6 Å². The lowest BCUT2D eigenvalue weighted by atomic mass is 9.95. The highest BCUT2D eigenvalue weighted by Gasteiger charge is 2.28. The number of hydrogen-bond donors (Lipinski definition) is 1. The molecule has 1 saturated heterocycles. The fourth-order valence-electron chi connectivity index (χ4n) is 3.78. The minimum Gasteiger partial charge on any atom is -0.383 e. The largest absolute Gasteiger partial charge is 0.383 e. The third-order valence-corrected chi connectivity index (χ3v) is 7.49. The molecule has 1 N–H and O–H groups in total. The van der Waals surface area contributed by atoms with E-state index in [2.05, 4.69) is 16.5 Å². The van der Waals surface area contributed by atoms with Gasteiger partial charge in [-0.1, -0.05) is 0 Å². The van der Waals surface area contributed by atoms with E-state index >= 15 is 0 Å². The second-order valence-corrected chi connectivity index (χ2v) is 8.83. The molecule has 1 aliphatic rings. The number of benzene rings is 1. The Labute approximate surface area is 152 Å².